The summed E-state index contributed by atoms with van der Waals surface area (Å²) in [7, 11) is 0. The number of amides is 1. The van der Waals surface area contributed by atoms with Gasteiger partial charge in [-0.2, -0.15) is 11.8 Å². The van der Waals surface area contributed by atoms with Crippen LogP contribution in [0.15, 0.2) is 18.2 Å². The number of carbonyl (C=O) groups is 1. The first-order valence-corrected chi connectivity index (χ1v) is 8.73. The largest absolute Gasteiger partial charge is 0.338 e. The lowest BCUT2D eigenvalue weighted by Gasteiger charge is -2.24. The fourth-order valence-electron chi connectivity index (χ4n) is 2.83. The van der Waals surface area contributed by atoms with Crippen LogP contribution >= 0.6 is 11.8 Å². The molecule has 0 spiro atoms. The van der Waals surface area contributed by atoms with E-state index in [2.05, 4.69) is 6.92 Å². The fraction of sp³-hybridized carbons (Fsp3) is 0.562. The average molecular weight is 322 g/mol. The van der Waals surface area contributed by atoms with Gasteiger partial charge in [-0.05, 0) is 37.1 Å². The highest BCUT2D eigenvalue weighted by atomic mass is 32.2. The lowest BCUT2D eigenvalue weighted by atomic mass is 10.1. The molecule has 2 rings (SSSR count). The van der Waals surface area contributed by atoms with E-state index in [0.29, 0.717) is 16.4 Å². The molecule has 6 heteroatoms. The molecule has 0 radical (unpaired) electrons. The van der Waals surface area contributed by atoms with Crippen molar-refractivity contribution >= 4 is 23.4 Å². The van der Waals surface area contributed by atoms with Gasteiger partial charge < -0.3 is 4.90 Å². The van der Waals surface area contributed by atoms with Gasteiger partial charge in [-0.15, -0.1) is 0 Å². The van der Waals surface area contributed by atoms with Crippen LogP contribution in [0.5, 0.6) is 0 Å². The van der Waals surface area contributed by atoms with E-state index in [1.807, 2.05) is 16.7 Å². The molecule has 0 aliphatic carbocycles. The normalized spacial score (nSPS) is 18.8. The molecule has 0 bridgehead atoms. The molecule has 1 aromatic rings. The quantitative estimate of drug-likeness (QED) is 0.627. The van der Waals surface area contributed by atoms with Crippen molar-refractivity contribution in [2.45, 2.75) is 38.4 Å². The Morgan fingerprint density at radius 1 is 1.45 bits per heavy atom. The van der Waals surface area contributed by atoms with E-state index in [1.54, 1.807) is 13.0 Å². The number of non-ortho nitro benzene ring substituents is 1. The molecule has 1 unspecified atom stereocenters. The number of nitro benzene ring substituents is 1. The van der Waals surface area contributed by atoms with E-state index >= 15 is 0 Å². The van der Waals surface area contributed by atoms with Crippen LogP contribution in [0.3, 0.4) is 0 Å². The second-order valence-electron chi connectivity index (χ2n) is 5.58. The Bertz CT molecular complexity index is 562. The van der Waals surface area contributed by atoms with Crippen molar-refractivity contribution in [3.05, 3.63) is 39.4 Å². The van der Waals surface area contributed by atoms with Crippen molar-refractivity contribution in [3.8, 4) is 0 Å². The van der Waals surface area contributed by atoms with Crippen molar-refractivity contribution in [1.29, 1.82) is 0 Å². The number of thioether (sulfide) groups is 1. The lowest BCUT2D eigenvalue weighted by Crippen LogP contribution is -2.36. The molecule has 0 saturated carbocycles. The summed E-state index contributed by atoms with van der Waals surface area (Å²) in [4.78, 5) is 25.0. The molecule has 0 aromatic heterocycles. The molecule has 1 heterocycles. The average Bonchev–Trinajstić information content (AvgIpc) is 2.72. The highest BCUT2D eigenvalue weighted by molar-refractivity contribution is 7.99. The topological polar surface area (TPSA) is 63.5 Å². The molecule has 1 aliphatic heterocycles. The number of benzene rings is 1. The second-order valence-corrected chi connectivity index (χ2v) is 7.16. The van der Waals surface area contributed by atoms with E-state index in [0.717, 1.165) is 38.1 Å². The van der Waals surface area contributed by atoms with Gasteiger partial charge in [0, 0.05) is 36.0 Å². The Labute approximate surface area is 135 Å². The molecule has 1 fully saturated rings. The third-order valence-electron chi connectivity index (χ3n) is 3.97. The number of nitrogens with zero attached hydrogens (tertiary/aromatic N) is 2. The molecule has 120 valence electrons. The number of hydrogen-bond donors (Lipinski definition) is 0. The zero-order chi connectivity index (χ0) is 16.1. The zero-order valence-electron chi connectivity index (χ0n) is 13.1. The molecule has 5 nitrogen and oxygen atoms in total. The second kappa shape index (κ2) is 7.63. The monoisotopic (exact) mass is 322 g/mol. The Balaban J connectivity index is 2.17. The van der Waals surface area contributed by atoms with Gasteiger partial charge in [-0.25, -0.2) is 0 Å². The molecule has 1 aliphatic rings. The van der Waals surface area contributed by atoms with Gasteiger partial charge in [-0.3, -0.25) is 14.9 Å². The van der Waals surface area contributed by atoms with Gasteiger partial charge in [0.25, 0.3) is 11.6 Å². The third kappa shape index (κ3) is 4.00. The summed E-state index contributed by atoms with van der Waals surface area (Å²) in [6.07, 6.45) is 3.33. The number of carbonyl (C=O) groups excluding carboxylic acids is 1. The van der Waals surface area contributed by atoms with Gasteiger partial charge in [-0.1, -0.05) is 13.3 Å². The molecule has 1 saturated heterocycles. The van der Waals surface area contributed by atoms with E-state index in [1.165, 1.54) is 12.1 Å². The summed E-state index contributed by atoms with van der Waals surface area (Å²) < 4.78 is 0. The predicted molar refractivity (Wildman–Crippen MR) is 89.5 cm³/mol. The summed E-state index contributed by atoms with van der Waals surface area (Å²) in [5.41, 5.74) is 1.28. The van der Waals surface area contributed by atoms with Crippen molar-refractivity contribution in [3.63, 3.8) is 0 Å². The molecular weight excluding hydrogens is 300 g/mol. The molecule has 1 aromatic carbocycles. The number of aryl methyl sites for hydroxylation is 1. The summed E-state index contributed by atoms with van der Waals surface area (Å²) >= 11 is 1.91. The summed E-state index contributed by atoms with van der Waals surface area (Å²) in [5.74, 6) is 1.06. The van der Waals surface area contributed by atoms with Crippen LogP contribution in [0.25, 0.3) is 0 Å². The van der Waals surface area contributed by atoms with Gasteiger partial charge in [0.05, 0.1) is 4.92 Å². The Morgan fingerprint density at radius 3 is 2.86 bits per heavy atom. The van der Waals surface area contributed by atoms with Gasteiger partial charge in [0.2, 0.25) is 0 Å². The Hall–Kier alpha value is -1.56. The van der Waals surface area contributed by atoms with Crippen LogP contribution in [-0.4, -0.2) is 39.8 Å². The van der Waals surface area contributed by atoms with E-state index < -0.39 is 4.92 Å². The van der Waals surface area contributed by atoms with Crippen molar-refractivity contribution in [2.75, 3.05) is 18.8 Å². The molecule has 1 atom stereocenters. The van der Waals surface area contributed by atoms with Crippen LogP contribution in [0, 0.1) is 17.0 Å². The van der Waals surface area contributed by atoms with E-state index in [9.17, 15) is 14.9 Å². The maximum atomic E-state index is 12.8. The number of rotatable bonds is 4. The van der Waals surface area contributed by atoms with Crippen molar-refractivity contribution in [1.82, 2.24) is 4.90 Å². The van der Waals surface area contributed by atoms with Crippen LogP contribution in [0.2, 0.25) is 0 Å². The van der Waals surface area contributed by atoms with Crippen LogP contribution in [0.1, 0.15) is 42.1 Å². The smallest absolute Gasteiger partial charge is 0.269 e. The minimum absolute atomic E-state index is 0.00370. The highest BCUT2D eigenvalue weighted by Gasteiger charge is 2.24. The van der Waals surface area contributed by atoms with Crippen LogP contribution in [-0.2, 0) is 0 Å². The Morgan fingerprint density at radius 2 is 2.23 bits per heavy atom. The van der Waals surface area contributed by atoms with Gasteiger partial charge in [0.1, 0.15) is 0 Å². The number of hydrogen-bond acceptors (Lipinski definition) is 4. The molecular formula is C16H22N2O3S. The SMILES string of the molecule is CCSC1CCCCN(C(=O)c2ccc([N+](=O)[O-])cc2C)C1. The maximum Gasteiger partial charge on any atom is 0.269 e. The number of likely N-dealkylation sites (tertiary alicyclic amines) is 1. The van der Waals surface area contributed by atoms with E-state index in [-0.39, 0.29) is 11.6 Å². The first-order chi connectivity index (χ1) is 10.5. The standard InChI is InChI=1S/C16H22N2O3S/c1-3-22-14-6-4-5-9-17(11-14)16(19)15-8-7-13(18(20)21)10-12(15)2/h7-8,10,14H,3-6,9,11H2,1-2H3. The summed E-state index contributed by atoms with van der Waals surface area (Å²) in [6, 6.07) is 4.47. The zero-order valence-corrected chi connectivity index (χ0v) is 13.9. The summed E-state index contributed by atoms with van der Waals surface area (Å²) in [6.45, 7) is 5.45. The minimum atomic E-state index is -0.429. The summed E-state index contributed by atoms with van der Waals surface area (Å²) in [5, 5.41) is 11.3. The van der Waals surface area contributed by atoms with E-state index in [4.69, 9.17) is 0 Å². The first-order valence-electron chi connectivity index (χ1n) is 7.68. The Kier molecular flexibility index (Phi) is 5.83. The van der Waals surface area contributed by atoms with Gasteiger partial charge >= 0.3 is 0 Å². The molecule has 22 heavy (non-hydrogen) atoms. The maximum absolute atomic E-state index is 12.8. The first kappa shape index (κ1) is 16.8. The number of nitro groups is 1. The van der Waals surface area contributed by atoms with Crippen LogP contribution in [0.4, 0.5) is 5.69 Å². The fourth-order valence-corrected chi connectivity index (χ4v) is 3.92. The van der Waals surface area contributed by atoms with Crippen molar-refractivity contribution < 1.29 is 9.72 Å². The molecule has 1 amide bonds. The molecule has 0 N–H and O–H groups in total. The third-order valence-corrected chi connectivity index (χ3v) is 5.16. The van der Waals surface area contributed by atoms with Crippen molar-refractivity contribution in [2.24, 2.45) is 0 Å². The predicted octanol–water partition coefficient (Wildman–Crippen LogP) is 3.65. The van der Waals surface area contributed by atoms with Crippen LogP contribution < -0.4 is 0 Å². The lowest BCUT2D eigenvalue weighted by molar-refractivity contribution is -0.384. The van der Waals surface area contributed by atoms with Gasteiger partial charge in [0.15, 0.2) is 0 Å². The minimum Gasteiger partial charge on any atom is -0.338 e. The highest BCUT2D eigenvalue weighted by Crippen LogP contribution is 2.24.